The van der Waals surface area contributed by atoms with Crippen LogP contribution >= 0.6 is 0 Å². The smallest absolute Gasteiger partial charge is 0.207 e. The van der Waals surface area contributed by atoms with Crippen LogP contribution in [0.3, 0.4) is 0 Å². The van der Waals surface area contributed by atoms with Gasteiger partial charge in [0.25, 0.3) is 0 Å². The number of nitrogens with one attached hydrogen (secondary N) is 1. The molecule has 0 aromatic heterocycles. The lowest BCUT2D eigenvalue weighted by atomic mass is 10.0. The van der Waals surface area contributed by atoms with Crippen LogP contribution in [-0.4, -0.2) is 14.1 Å². The molecule has 1 heterocycles. The topological polar surface area (TPSA) is 58.0 Å². The number of sulfone groups is 1. The summed E-state index contributed by atoms with van der Waals surface area (Å²) in [7, 11) is -3.48. The van der Waals surface area contributed by atoms with Gasteiger partial charge >= 0.3 is 0 Å². The van der Waals surface area contributed by atoms with Crippen molar-refractivity contribution in [1.29, 1.82) is 5.41 Å². The molecule has 2 aromatic carbocycles. The molecular formula is C13H9NO2S. The van der Waals surface area contributed by atoms with Gasteiger partial charge in [-0.15, -0.1) is 0 Å². The van der Waals surface area contributed by atoms with Crippen molar-refractivity contribution in [3.8, 4) is 0 Å². The highest BCUT2D eigenvalue weighted by Crippen LogP contribution is 2.33. The molecule has 4 heteroatoms. The highest BCUT2D eigenvalue weighted by Gasteiger charge is 2.31. The van der Waals surface area contributed by atoms with Crippen LogP contribution in [-0.2, 0) is 9.84 Å². The van der Waals surface area contributed by atoms with Gasteiger partial charge in [0.2, 0.25) is 9.84 Å². The molecule has 0 aliphatic carbocycles. The first kappa shape index (κ1) is 10.2. The minimum atomic E-state index is -3.48. The molecule has 17 heavy (non-hydrogen) atoms. The fourth-order valence-electron chi connectivity index (χ4n) is 2.08. The molecule has 1 aliphatic heterocycles. The molecule has 0 atom stereocenters. The lowest BCUT2D eigenvalue weighted by Gasteiger charge is -2.20. The summed E-state index contributed by atoms with van der Waals surface area (Å²) in [5.41, 5.74) is 1.23. The third-order valence-corrected chi connectivity index (χ3v) is 4.76. The summed E-state index contributed by atoms with van der Waals surface area (Å²) >= 11 is 0. The summed E-state index contributed by atoms with van der Waals surface area (Å²) in [6.45, 7) is 0. The number of fused-ring (bicyclic) bond motifs is 2. The van der Waals surface area contributed by atoms with E-state index in [2.05, 4.69) is 0 Å². The maximum Gasteiger partial charge on any atom is 0.207 e. The Kier molecular flexibility index (Phi) is 1.97. The summed E-state index contributed by atoms with van der Waals surface area (Å²) < 4.78 is 24.7. The van der Waals surface area contributed by atoms with Crippen LogP contribution in [0.2, 0.25) is 0 Å². The summed E-state index contributed by atoms with van der Waals surface area (Å²) in [6.07, 6.45) is 0. The highest BCUT2D eigenvalue weighted by atomic mass is 32.2. The third-order valence-electron chi connectivity index (χ3n) is 2.89. The van der Waals surface area contributed by atoms with Crippen molar-refractivity contribution in [1.82, 2.24) is 0 Å². The van der Waals surface area contributed by atoms with Gasteiger partial charge in [-0.2, -0.15) is 0 Å². The van der Waals surface area contributed by atoms with Crippen LogP contribution in [0.25, 0.3) is 0 Å². The largest absolute Gasteiger partial charge is 0.300 e. The molecule has 0 spiro atoms. The quantitative estimate of drug-likeness (QED) is 0.658. The predicted molar refractivity (Wildman–Crippen MR) is 64.3 cm³/mol. The van der Waals surface area contributed by atoms with Crippen LogP contribution < -0.4 is 0 Å². The van der Waals surface area contributed by atoms with Gasteiger partial charge in [0.15, 0.2) is 0 Å². The molecule has 1 aliphatic rings. The SMILES string of the molecule is N=C1c2ccccc2S(=O)(=O)c2ccccc21. The van der Waals surface area contributed by atoms with Gasteiger partial charge in [-0.3, -0.25) is 5.41 Å². The molecule has 0 unspecified atom stereocenters. The van der Waals surface area contributed by atoms with Gasteiger partial charge in [0, 0.05) is 11.1 Å². The van der Waals surface area contributed by atoms with Crippen LogP contribution in [0, 0.1) is 5.41 Å². The second kappa shape index (κ2) is 3.28. The highest BCUT2D eigenvalue weighted by molar-refractivity contribution is 7.91. The summed E-state index contributed by atoms with van der Waals surface area (Å²) in [5.74, 6) is 0. The Balaban J connectivity index is 2.47. The summed E-state index contributed by atoms with van der Waals surface area (Å²) in [4.78, 5) is 0.451. The number of rotatable bonds is 0. The molecule has 84 valence electrons. The van der Waals surface area contributed by atoms with E-state index in [1.807, 2.05) is 0 Å². The molecule has 1 N–H and O–H groups in total. The van der Waals surface area contributed by atoms with E-state index in [0.29, 0.717) is 11.1 Å². The third kappa shape index (κ3) is 1.27. The van der Waals surface area contributed by atoms with E-state index in [-0.39, 0.29) is 15.5 Å². The van der Waals surface area contributed by atoms with Crippen LogP contribution in [0.4, 0.5) is 0 Å². The fourth-order valence-corrected chi connectivity index (χ4v) is 3.75. The molecule has 0 fully saturated rings. The van der Waals surface area contributed by atoms with Gasteiger partial charge < -0.3 is 0 Å². The Bertz CT molecular complexity index is 677. The molecule has 3 nitrogen and oxygen atoms in total. The first-order chi connectivity index (χ1) is 8.12. The predicted octanol–water partition coefficient (Wildman–Crippen LogP) is 2.25. The average Bonchev–Trinajstić information content (AvgIpc) is 2.37. The molecule has 0 saturated heterocycles. The van der Waals surface area contributed by atoms with Gasteiger partial charge in [-0.1, -0.05) is 36.4 Å². The summed E-state index contributed by atoms with van der Waals surface area (Å²) in [6, 6.07) is 13.3. The van der Waals surface area contributed by atoms with E-state index in [1.165, 1.54) is 0 Å². The molecule has 0 amide bonds. The molecule has 2 aromatic rings. The maximum atomic E-state index is 12.3. The van der Waals surface area contributed by atoms with Crippen LogP contribution in [0.15, 0.2) is 58.3 Å². The second-order valence-electron chi connectivity index (χ2n) is 3.87. The summed E-state index contributed by atoms with van der Waals surface area (Å²) in [5, 5.41) is 8.06. The molecular weight excluding hydrogens is 234 g/mol. The van der Waals surface area contributed by atoms with Crippen molar-refractivity contribution in [3.05, 3.63) is 59.7 Å². The van der Waals surface area contributed by atoms with Crippen LogP contribution in [0.1, 0.15) is 11.1 Å². The van der Waals surface area contributed by atoms with E-state index >= 15 is 0 Å². The fraction of sp³-hybridized carbons (Fsp3) is 0. The van der Waals surface area contributed by atoms with E-state index in [9.17, 15) is 8.42 Å². The monoisotopic (exact) mass is 243 g/mol. The zero-order valence-electron chi connectivity index (χ0n) is 8.84. The van der Waals surface area contributed by atoms with Gasteiger partial charge in [0.1, 0.15) is 0 Å². The molecule has 0 bridgehead atoms. The van der Waals surface area contributed by atoms with E-state index in [1.54, 1.807) is 48.5 Å². The Morgan fingerprint density at radius 1 is 0.765 bits per heavy atom. The van der Waals surface area contributed by atoms with Crippen molar-refractivity contribution < 1.29 is 8.42 Å². The first-order valence-electron chi connectivity index (χ1n) is 5.15. The Morgan fingerprint density at radius 2 is 1.18 bits per heavy atom. The zero-order valence-corrected chi connectivity index (χ0v) is 9.66. The Labute approximate surface area is 99.2 Å². The zero-order chi connectivity index (χ0) is 12.0. The Hall–Kier alpha value is -1.94. The Morgan fingerprint density at radius 3 is 1.65 bits per heavy atom. The lowest BCUT2D eigenvalue weighted by Crippen LogP contribution is -2.19. The van der Waals surface area contributed by atoms with Gasteiger partial charge in [-0.05, 0) is 12.1 Å². The average molecular weight is 243 g/mol. The normalized spacial score (nSPS) is 16.1. The van der Waals surface area contributed by atoms with Gasteiger partial charge in [-0.25, -0.2) is 8.42 Å². The van der Waals surface area contributed by atoms with Crippen molar-refractivity contribution >= 4 is 15.5 Å². The van der Waals surface area contributed by atoms with Crippen LogP contribution in [0.5, 0.6) is 0 Å². The minimum absolute atomic E-state index is 0.226. The van der Waals surface area contributed by atoms with E-state index in [0.717, 1.165) is 0 Å². The molecule has 3 rings (SSSR count). The molecule has 0 saturated carbocycles. The minimum Gasteiger partial charge on any atom is -0.300 e. The number of hydrogen-bond donors (Lipinski definition) is 1. The van der Waals surface area contributed by atoms with E-state index < -0.39 is 9.84 Å². The van der Waals surface area contributed by atoms with Crippen molar-refractivity contribution in [2.75, 3.05) is 0 Å². The first-order valence-corrected chi connectivity index (χ1v) is 6.63. The lowest BCUT2D eigenvalue weighted by molar-refractivity contribution is 0.595. The molecule has 0 radical (unpaired) electrons. The number of hydrogen-bond acceptors (Lipinski definition) is 3. The van der Waals surface area contributed by atoms with Crippen molar-refractivity contribution in [3.63, 3.8) is 0 Å². The van der Waals surface area contributed by atoms with Crippen molar-refractivity contribution in [2.45, 2.75) is 9.79 Å². The van der Waals surface area contributed by atoms with Crippen molar-refractivity contribution in [2.24, 2.45) is 0 Å². The standard InChI is InChI=1S/C13H9NO2S/c14-13-9-5-1-3-7-11(9)17(15,16)12-8-4-2-6-10(12)13/h1-8,14H. The van der Waals surface area contributed by atoms with Gasteiger partial charge in [0.05, 0.1) is 15.5 Å². The number of benzene rings is 2. The van der Waals surface area contributed by atoms with E-state index in [4.69, 9.17) is 5.41 Å². The maximum absolute atomic E-state index is 12.3. The second-order valence-corrected chi connectivity index (χ2v) is 5.76.